The lowest BCUT2D eigenvalue weighted by Crippen LogP contribution is -2.50. The molecule has 1 heterocycles. The van der Waals surface area contributed by atoms with Gasteiger partial charge in [0.15, 0.2) is 0 Å². The Morgan fingerprint density at radius 3 is 2.26 bits per heavy atom. The van der Waals surface area contributed by atoms with Crippen molar-refractivity contribution in [1.29, 1.82) is 0 Å². The van der Waals surface area contributed by atoms with Gasteiger partial charge in [0.25, 0.3) is 0 Å². The van der Waals surface area contributed by atoms with E-state index in [-0.39, 0.29) is 22.5 Å². The number of carbonyl (C=O) groups excluding carboxylic acids is 2. The zero-order chi connectivity index (χ0) is 14.8. The van der Waals surface area contributed by atoms with Gasteiger partial charge < -0.3 is 0 Å². The molecule has 1 saturated heterocycles. The molecule has 0 aliphatic carbocycles. The Hall–Kier alpha value is -0.510. The number of carbonyl (C=O) groups is 2. The average molecular weight is 285 g/mol. The first kappa shape index (κ1) is 16.5. The van der Waals surface area contributed by atoms with Crippen LogP contribution in [0, 0.1) is 5.41 Å². The Labute approximate surface area is 121 Å². The number of hydrogen-bond acceptors (Lipinski definition) is 3. The number of hydrogen-bond donors (Lipinski definition) is 0. The predicted molar refractivity (Wildman–Crippen MR) is 81.2 cm³/mol. The lowest BCUT2D eigenvalue weighted by molar-refractivity contribution is -0.145. The first-order valence-corrected chi connectivity index (χ1v) is 8.12. The van der Waals surface area contributed by atoms with Gasteiger partial charge in [0.05, 0.1) is 5.25 Å². The molecule has 0 aromatic carbocycles. The maximum atomic E-state index is 12.4. The van der Waals surface area contributed by atoms with Gasteiger partial charge in [-0.2, -0.15) is 0 Å². The topological polar surface area (TPSA) is 37.4 Å². The third-order valence-electron chi connectivity index (χ3n) is 3.20. The molecule has 0 bridgehead atoms. The molecule has 1 fully saturated rings. The highest BCUT2D eigenvalue weighted by Crippen LogP contribution is 2.36. The number of rotatable bonds is 5. The van der Waals surface area contributed by atoms with Crippen LogP contribution in [0.15, 0.2) is 0 Å². The summed E-state index contributed by atoms with van der Waals surface area (Å²) >= 11 is 1.62. The number of thioether (sulfide) groups is 1. The van der Waals surface area contributed by atoms with Crippen LogP contribution in [0.5, 0.6) is 0 Å². The van der Waals surface area contributed by atoms with Crippen molar-refractivity contribution >= 4 is 23.6 Å². The third kappa shape index (κ3) is 4.23. The third-order valence-corrected chi connectivity index (χ3v) is 4.61. The van der Waals surface area contributed by atoms with Gasteiger partial charge in [-0.05, 0) is 37.9 Å². The Balaban J connectivity index is 2.82. The van der Waals surface area contributed by atoms with Crippen LogP contribution in [0.25, 0.3) is 0 Å². The molecule has 1 aliphatic rings. The molecule has 1 atom stereocenters. The molecule has 1 unspecified atom stereocenters. The number of amides is 2. The molecule has 0 spiro atoms. The monoisotopic (exact) mass is 285 g/mol. The molecule has 0 aromatic heterocycles. The smallest absolute Gasteiger partial charge is 0.243 e. The van der Waals surface area contributed by atoms with Crippen LogP contribution in [0.3, 0.4) is 0 Å². The zero-order valence-corrected chi connectivity index (χ0v) is 13.9. The molecule has 19 heavy (non-hydrogen) atoms. The SMILES string of the molecule is CCCSC1CC(=O)N(C(C)(C)CC(C)(C)C)C1=O. The van der Waals surface area contributed by atoms with Gasteiger partial charge in [-0.3, -0.25) is 14.5 Å². The molecule has 0 N–H and O–H groups in total. The number of likely N-dealkylation sites (tertiary alicyclic amines) is 1. The second kappa shape index (κ2) is 5.86. The average Bonchev–Trinajstić information content (AvgIpc) is 2.47. The maximum absolute atomic E-state index is 12.4. The number of imide groups is 1. The fraction of sp³-hybridized carbons (Fsp3) is 0.867. The van der Waals surface area contributed by atoms with E-state index in [4.69, 9.17) is 0 Å². The fourth-order valence-corrected chi connectivity index (χ4v) is 4.04. The second-order valence-electron chi connectivity index (χ2n) is 7.18. The first-order chi connectivity index (χ1) is 8.58. The predicted octanol–water partition coefficient (Wildman–Crippen LogP) is 3.47. The molecule has 0 aromatic rings. The van der Waals surface area contributed by atoms with E-state index in [0.717, 1.165) is 18.6 Å². The summed E-state index contributed by atoms with van der Waals surface area (Å²) in [4.78, 5) is 26.1. The van der Waals surface area contributed by atoms with Crippen molar-refractivity contribution in [1.82, 2.24) is 4.90 Å². The van der Waals surface area contributed by atoms with Crippen molar-refractivity contribution in [2.24, 2.45) is 5.41 Å². The van der Waals surface area contributed by atoms with Crippen LogP contribution in [-0.4, -0.2) is 33.3 Å². The van der Waals surface area contributed by atoms with E-state index in [0.29, 0.717) is 6.42 Å². The summed E-state index contributed by atoms with van der Waals surface area (Å²) in [6.45, 7) is 12.5. The molecule has 1 aliphatic heterocycles. The maximum Gasteiger partial charge on any atom is 0.243 e. The minimum Gasteiger partial charge on any atom is -0.276 e. The summed E-state index contributed by atoms with van der Waals surface area (Å²) in [5.74, 6) is 0.947. The van der Waals surface area contributed by atoms with Crippen molar-refractivity contribution in [3.63, 3.8) is 0 Å². The summed E-state index contributed by atoms with van der Waals surface area (Å²) in [6, 6.07) is 0. The Kier molecular flexibility index (Phi) is 5.10. The van der Waals surface area contributed by atoms with E-state index in [1.165, 1.54) is 4.90 Å². The molecular formula is C15H27NO2S. The van der Waals surface area contributed by atoms with Crippen LogP contribution in [-0.2, 0) is 9.59 Å². The van der Waals surface area contributed by atoms with Gasteiger partial charge in [-0.1, -0.05) is 27.7 Å². The molecule has 110 valence electrons. The second-order valence-corrected chi connectivity index (χ2v) is 8.49. The van der Waals surface area contributed by atoms with E-state index in [9.17, 15) is 9.59 Å². The Morgan fingerprint density at radius 1 is 1.21 bits per heavy atom. The van der Waals surface area contributed by atoms with Gasteiger partial charge in [-0.25, -0.2) is 0 Å². The molecule has 3 nitrogen and oxygen atoms in total. The van der Waals surface area contributed by atoms with Crippen molar-refractivity contribution in [2.75, 3.05) is 5.75 Å². The van der Waals surface area contributed by atoms with Crippen LogP contribution in [0.2, 0.25) is 0 Å². The van der Waals surface area contributed by atoms with Crippen molar-refractivity contribution in [2.45, 2.75) is 71.6 Å². The van der Waals surface area contributed by atoms with Crippen LogP contribution in [0.1, 0.15) is 60.8 Å². The molecular weight excluding hydrogens is 258 g/mol. The quantitative estimate of drug-likeness (QED) is 0.726. The first-order valence-electron chi connectivity index (χ1n) is 7.07. The number of nitrogens with zero attached hydrogens (tertiary/aromatic N) is 1. The Bertz CT molecular complexity index is 358. The lowest BCUT2D eigenvalue weighted by Gasteiger charge is -2.39. The van der Waals surface area contributed by atoms with E-state index >= 15 is 0 Å². The summed E-state index contributed by atoms with van der Waals surface area (Å²) in [6.07, 6.45) is 2.23. The van der Waals surface area contributed by atoms with Crippen LogP contribution < -0.4 is 0 Å². The van der Waals surface area contributed by atoms with Crippen LogP contribution >= 0.6 is 11.8 Å². The van der Waals surface area contributed by atoms with Crippen molar-refractivity contribution < 1.29 is 9.59 Å². The van der Waals surface area contributed by atoms with Gasteiger partial charge in [0.2, 0.25) is 11.8 Å². The summed E-state index contributed by atoms with van der Waals surface area (Å²) < 4.78 is 0. The summed E-state index contributed by atoms with van der Waals surface area (Å²) in [5, 5.41) is -0.160. The highest BCUT2D eigenvalue weighted by molar-refractivity contribution is 8.00. The van der Waals surface area contributed by atoms with Crippen molar-refractivity contribution in [3.8, 4) is 0 Å². The molecule has 4 heteroatoms. The summed E-state index contributed by atoms with van der Waals surface area (Å²) in [5.41, 5.74) is -0.299. The lowest BCUT2D eigenvalue weighted by atomic mass is 9.81. The minimum atomic E-state index is -0.395. The van der Waals surface area contributed by atoms with Gasteiger partial charge in [0.1, 0.15) is 0 Å². The van der Waals surface area contributed by atoms with Gasteiger partial charge in [0, 0.05) is 12.0 Å². The standard InChI is InChI=1S/C15H27NO2S/c1-7-8-19-11-9-12(17)16(13(11)18)15(5,6)10-14(2,3)4/h11H,7-10H2,1-6H3. The molecule has 0 radical (unpaired) electrons. The van der Waals surface area contributed by atoms with E-state index < -0.39 is 5.54 Å². The highest BCUT2D eigenvalue weighted by atomic mass is 32.2. The fourth-order valence-electron chi connectivity index (χ4n) is 3.01. The zero-order valence-electron chi connectivity index (χ0n) is 13.1. The van der Waals surface area contributed by atoms with E-state index in [1.807, 2.05) is 13.8 Å². The normalized spacial score (nSPS) is 21.4. The van der Waals surface area contributed by atoms with E-state index in [1.54, 1.807) is 11.8 Å². The Morgan fingerprint density at radius 2 is 1.79 bits per heavy atom. The summed E-state index contributed by atoms with van der Waals surface area (Å²) in [7, 11) is 0. The van der Waals surface area contributed by atoms with Crippen LogP contribution in [0.4, 0.5) is 0 Å². The molecule has 2 amide bonds. The largest absolute Gasteiger partial charge is 0.276 e. The highest BCUT2D eigenvalue weighted by Gasteiger charge is 2.46. The van der Waals surface area contributed by atoms with Crippen molar-refractivity contribution in [3.05, 3.63) is 0 Å². The van der Waals surface area contributed by atoms with Gasteiger partial charge in [-0.15, -0.1) is 11.8 Å². The molecule has 0 saturated carbocycles. The molecule has 1 rings (SSSR count). The van der Waals surface area contributed by atoms with Gasteiger partial charge >= 0.3 is 0 Å². The minimum absolute atomic E-state index is 0.00662. The van der Waals surface area contributed by atoms with E-state index in [2.05, 4.69) is 27.7 Å².